The van der Waals surface area contributed by atoms with E-state index in [1.165, 1.54) is 40.6 Å². The van der Waals surface area contributed by atoms with E-state index < -0.39 is 6.10 Å². The summed E-state index contributed by atoms with van der Waals surface area (Å²) in [5.41, 5.74) is 5.44. The number of rotatable bonds is 6. The van der Waals surface area contributed by atoms with E-state index in [0.29, 0.717) is 19.6 Å². The first-order chi connectivity index (χ1) is 10.7. The Labute approximate surface area is 131 Å². The zero-order chi connectivity index (χ0) is 15.5. The van der Waals surface area contributed by atoms with Gasteiger partial charge in [-0.2, -0.15) is 0 Å². The number of aromatic nitrogens is 1. The van der Waals surface area contributed by atoms with Gasteiger partial charge in [0.05, 0.1) is 19.3 Å². The molecule has 0 spiro atoms. The third-order valence-electron chi connectivity index (χ3n) is 4.59. The van der Waals surface area contributed by atoms with Gasteiger partial charge in [-0.1, -0.05) is 11.6 Å². The van der Waals surface area contributed by atoms with Gasteiger partial charge in [-0.05, 0) is 50.3 Å². The quantitative estimate of drug-likeness (QED) is 0.713. The summed E-state index contributed by atoms with van der Waals surface area (Å²) < 4.78 is 2.31. The topological polar surface area (TPSA) is 57.4 Å². The number of aliphatic hydroxyl groups excluding tert-OH is 2. The number of nitrogens with one attached hydrogen (secondary N) is 1. The number of aryl methyl sites for hydroxylation is 2. The van der Waals surface area contributed by atoms with Crippen molar-refractivity contribution >= 4 is 10.9 Å². The monoisotopic (exact) mass is 302 g/mol. The molecule has 1 atom stereocenters. The Morgan fingerprint density at radius 1 is 1.27 bits per heavy atom. The van der Waals surface area contributed by atoms with Crippen molar-refractivity contribution in [2.45, 2.75) is 45.3 Å². The number of nitrogens with zero attached hydrogens (tertiary/aromatic N) is 1. The van der Waals surface area contributed by atoms with Crippen LogP contribution in [0.5, 0.6) is 0 Å². The van der Waals surface area contributed by atoms with Gasteiger partial charge in [-0.25, -0.2) is 0 Å². The Bertz CT molecular complexity index is 648. The van der Waals surface area contributed by atoms with Crippen LogP contribution in [0.2, 0.25) is 0 Å². The standard InChI is InChI=1S/C18H26N2O2/c1-13-6-7-18-16(10-13)15-4-2-3-5-17(15)20(18)12-14(22)11-19-8-9-21/h6-7,10,14,19,21-22H,2-5,8-9,11-12H2,1H3/t14-/m0/s1. The van der Waals surface area contributed by atoms with Gasteiger partial charge in [0.15, 0.2) is 0 Å². The van der Waals surface area contributed by atoms with E-state index in [4.69, 9.17) is 5.11 Å². The van der Waals surface area contributed by atoms with Crippen LogP contribution in [-0.4, -0.2) is 40.6 Å². The van der Waals surface area contributed by atoms with Crippen molar-refractivity contribution in [1.29, 1.82) is 0 Å². The van der Waals surface area contributed by atoms with Crippen molar-refractivity contribution in [2.75, 3.05) is 19.7 Å². The first-order valence-corrected chi connectivity index (χ1v) is 8.31. The highest BCUT2D eigenvalue weighted by molar-refractivity contribution is 5.86. The van der Waals surface area contributed by atoms with Gasteiger partial charge in [-0.15, -0.1) is 0 Å². The normalized spacial score (nSPS) is 16.0. The second kappa shape index (κ2) is 6.82. The first kappa shape index (κ1) is 15.5. The van der Waals surface area contributed by atoms with Crippen LogP contribution in [0.25, 0.3) is 10.9 Å². The third-order valence-corrected chi connectivity index (χ3v) is 4.59. The largest absolute Gasteiger partial charge is 0.395 e. The zero-order valence-electron chi connectivity index (χ0n) is 13.3. The Kier molecular flexibility index (Phi) is 4.81. The predicted octanol–water partition coefficient (Wildman–Crippen LogP) is 1.77. The lowest BCUT2D eigenvalue weighted by molar-refractivity contribution is 0.149. The summed E-state index contributed by atoms with van der Waals surface area (Å²) >= 11 is 0. The molecular weight excluding hydrogens is 276 g/mol. The van der Waals surface area contributed by atoms with Crippen LogP contribution in [0.4, 0.5) is 0 Å². The highest BCUT2D eigenvalue weighted by Crippen LogP contribution is 2.32. The summed E-state index contributed by atoms with van der Waals surface area (Å²) in [5, 5.41) is 23.5. The summed E-state index contributed by atoms with van der Waals surface area (Å²) in [4.78, 5) is 0. The van der Waals surface area contributed by atoms with Gasteiger partial charge in [-0.3, -0.25) is 0 Å². The minimum absolute atomic E-state index is 0.105. The molecule has 0 bridgehead atoms. The van der Waals surface area contributed by atoms with Gasteiger partial charge in [0.1, 0.15) is 0 Å². The van der Waals surface area contributed by atoms with Crippen molar-refractivity contribution in [3.63, 3.8) is 0 Å². The molecule has 2 aromatic rings. The van der Waals surface area contributed by atoms with Crippen LogP contribution in [0, 0.1) is 6.92 Å². The Morgan fingerprint density at radius 2 is 2.09 bits per heavy atom. The third kappa shape index (κ3) is 3.05. The molecule has 1 aromatic carbocycles. The molecule has 4 nitrogen and oxygen atoms in total. The Morgan fingerprint density at radius 3 is 2.91 bits per heavy atom. The van der Waals surface area contributed by atoms with Crippen LogP contribution in [-0.2, 0) is 19.4 Å². The highest BCUT2D eigenvalue weighted by Gasteiger charge is 2.21. The molecule has 120 valence electrons. The maximum Gasteiger partial charge on any atom is 0.0843 e. The lowest BCUT2D eigenvalue weighted by Gasteiger charge is -2.19. The molecule has 4 heteroatoms. The van der Waals surface area contributed by atoms with Crippen LogP contribution >= 0.6 is 0 Å². The van der Waals surface area contributed by atoms with Crippen LogP contribution < -0.4 is 5.32 Å². The van der Waals surface area contributed by atoms with Gasteiger partial charge in [0, 0.05) is 29.7 Å². The molecule has 1 heterocycles. The number of benzene rings is 1. The molecule has 0 unspecified atom stereocenters. The van der Waals surface area contributed by atoms with Gasteiger partial charge < -0.3 is 20.1 Å². The average molecular weight is 302 g/mol. The van der Waals surface area contributed by atoms with Crippen molar-refractivity contribution < 1.29 is 10.2 Å². The van der Waals surface area contributed by atoms with E-state index in [9.17, 15) is 5.11 Å². The summed E-state index contributed by atoms with van der Waals surface area (Å²) in [7, 11) is 0. The molecule has 1 aliphatic rings. The maximum absolute atomic E-state index is 10.3. The van der Waals surface area contributed by atoms with Crippen molar-refractivity contribution in [3.8, 4) is 0 Å². The zero-order valence-corrected chi connectivity index (χ0v) is 13.3. The van der Waals surface area contributed by atoms with E-state index >= 15 is 0 Å². The maximum atomic E-state index is 10.3. The van der Waals surface area contributed by atoms with Crippen LogP contribution in [0.1, 0.15) is 29.7 Å². The fourth-order valence-electron chi connectivity index (χ4n) is 3.58. The fraction of sp³-hybridized carbons (Fsp3) is 0.556. The van der Waals surface area contributed by atoms with Gasteiger partial charge in [0.2, 0.25) is 0 Å². The van der Waals surface area contributed by atoms with E-state index in [1.807, 2.05) is 0 Å². The molecule has 1 aliphatic carbocycles. The van der Waals surface area contributed by atoms with E-state index in [1.54, 1.807) is 0 Å². The molecule has 0 fully saturated rings. The SMILES string of the molecule is Cc1ccc2c(c1)c1c(n2C[C@@H](O)CNCCO)CCCC1. The molecule has 0 saturated carbocycles. The van der Waals surface area contributed by atoms with Gasteiger partial charge >= 0.3 is 0 Å². The molecule has 22 heavy (non-hydrogen) atoms. The summed E-state index contributed by atoms with van der Waals surface area (Å²) in [5.74, 6) is 0. The second-order valence-corrected chi connectivity index (χ2v) is 6.35. The average Bonchev–Trinajstić information content (AvgIpc) is 2.82. The molecular formula is C18H26N2O2. The molecule has 0 radical (unpaired) electrons. The number of fused-ring (bicyclic) bond motifs is 3. The van der Waals surface area contributed by atoms with E-state index in [-0.39, 0.29) is 6.61 Å². The Balaban J connectivity index is 1.91. The van der Waals surface area contributed by atoms with Crippen molar-refractivity contribution in [2.24, 2.45) is 0 Å². The molecule has 0 aliphatic heterocycles. The molecule has 0 saturated heterocycles. The fourth-order valence-corrected chi connectivity index (χ4v) is 3.58. The minimum Gasteiger partial charge on any atom is -0.395 e. The second-order valence-electron chi connectivity index (χ2n) is 6.35. The highest BCUT2D eigenvalue weighted by atomic mass is 16.3. The van der Waals surface area contributed by atoms with Crippen LogP contribution in [0.3, 0.4) is 0 Å². The predicted molar refractivity (Wildman–Crippen MR) is 89.3 cm³/mol. The van der Waals surface area contributed by atoms with Crippen molar-refractivity contribution in [1.82, 2.24) is 9.88 Å². The smallest absolute Gasteiger partial charge is 0.0843 e. The number of hydrogen-bond acceptors (Lipinski definition) is 3. The summed E-state index contributed by atoms with van der Waals surface area (Å²) in [6.07, 6.45) is 4.33. The van der Waals surface area contributed by atoms with Crippen LogP contribution in [0.15, 0.2) is 18.2 Å². The minimum atomic E-state index is -0.436. The van der Waals surface area contributed by atoms with E-state index in [2.05, 4.69) is 35.0 Å². The molecule has 3 N–H and O–H groups in total. The lowest BCUT2D eigenvalue weighted by atomic mass is 9.95. The van der Waals surface area contributed by atoms with Crippen molar-refractivity contribution in [3.05, 3.63) is 35.0 Å². The Hall–Kier alpha value is -1.36. The van der Waals surface area contributed by atoms with E-state index in [0.717, 1.165) is 12.8 Å². The first-order valence-electron chi connectivity index (χ1n) is 8.31. The molecule has 0 amide bonds. The summed E-state index contributed by atoms with van der Waals surface area (Å²) in [6.45, 7) is 3.91. The number of aliphatic hydroxyl groups is 2. The lowest BCUT2D eigenvalue weighted by Crippen LogP contribution is -2.32. The van der Waals surface area contributed by atoms with Gasteiger partial charge in [0.25, 0.3) is 0 Å². The molecule has 3 rings (SSSR count). The summed E-state index contributed by atoms with van der Waals surface area (Å²) in [6, 6.07) is 6.63. The molecule has 1 aromatic heterocycles. The number of hydrogen-bond donors (Lipinski definition) is 3.